The van der Waals surface area contributed by atoms with E-state index in [0.29, 0.717) is 0 Å². The SMILES string of the molecule is c1ccc(-c2cc(N(c3ccc(-c4ccccc4-c4ccc5ccccc5c4)cc3)c3ccccc3-c3ccccc3)ccc2-c2ccccc2-n2c3ccccc3c3ccccc32)cc1. The Balaban J connectivity index is 1.04. The van der Waals surface area contributed by atoms with E-state index in [4.69, 9.17) is 0 Å². The van der Waals surface area contributed by atoms with Gasteiger partial charge in [-0.2, -0.15) is 0 Å². The summed E-state index contributed by atoms with van der Waals surface area (Å²) in [5.74, 6) is 0. The Bertz CT molecular complexity index is 3640. The van der Waals surface area contributed by atoms with Gasteiger partial charge in [-0.25, -0.2) is 0 Å². The van der Waals surface area contributed by atoms with Crippen molar-refractivity contribution in [3.63, 3.8) is 0 Å². The first-order valence-corrected chi connectivity index (χ1v) is 22.7. The lowest BCUT2D eigenvalue weighted by Crippen LogP contribution is -2.11. The standard InChI is InChI=1S/C64H44N2/c1-3-20-46(21-4-1)55-27-11-15-31-61(55)65(51-39-37-48(38-40-51)53-25-9-10-26-54(53)50-36-35-45-19-7-8-24-49(45)43-50)52-41-42-56(60(44-52)47-22-5-2-6-23-47)57-28-12-16-32-62(57)66-63-33-17-13-29-58(63)59-30-14-18-34-64(59)66/h1-44H. The molecule has 0 spiro atoms. The largest absolute Gasteiger partial charge is 0.310 e. The molecule has 0 fully saturated rings. The summed E-state index contributed by atoms with van der Waals surface area (Å²) in [5, 5.41) is 4.98. The van der Waals surface area contributed by atoms with Gasteiger partial charge < -0.3 is 9.47 Å². The van der Waals surface area contributed by atoms with Crippen molar-refractivity contribution >= 4 is 49.6 Å². The van der Waals surface area contributed by atoms with E-state index >= 15 is 0 Å². The molecule has 0 bridgehead atoms. The van der Waals surface area contributed by atoms with Crippen LogP contribution in [0, 0.1) is 0 Å². The molecule has 310 valence electrons. The highest BCUT2D eigenvalue weighted by atomic mass is 15.1. The molecule has 0 saturated heterocycles. The van der Waals surface area contributed by atoms with E-state index in [2.05, 4.69) is 276 Å². The van der Waals surface area contributed by atoms with Crippen molar-refractivity contribution in [2.75, 3.05) is 4.90 Å². The van der Waals surface area contributed by atoms with Crippen LogP contribution in [0.25, 0.3) is 93.9 Å². The lowest BCUT2D eigenvalue weighted by atomic mass is 9.92. The second-order valence-corrected chi connectivity index (χ2v) is 16.9. The van der Waals surface area contributed by atoms with Crippen LogP contribution in [0.5, 0.6) is 0 Å². The van der Waals surface area contributed by atoms with Crippen LogP contribution in [-0.4, -0.2) is 4.57 Å². The van der Waals surface area contributed by atoms with Crippen LogP contribution >= 0.6 is 0 Å². The van der Waals surface area contributed by atoms with Crippen molar-refractivity contribution in [1.29, 1.82) is 0 Å². The zero-order chi connectivity index (χ0) is 43.8. The average molecular weight is 841 g/mol. The number of nitrogens with zero attached hydrogens (tertiary/aromatic N) is 2. The highest BCUT2D eigenvalue weighted by Crippen LogP contribution is 2.46. The summed E-state index contributed by atoms with van der Waals surface area (Å²) in [6.07, 6.45) is 0. The number of anilines is 3. The summed E-state index contributed by atoms with van der Waals surface area (Å²) in [7, 11) is 0. The summed E-state index contributed by atoms with van der Waals surface area (Å²) >= 11 is 0. The second-order valence-electron chi connectivity index (χ2n) is 16.9. The van der Waals surface area contributed by atoms with Crippen molar-refractivity contribution in [1.82, 2.24) is 4.57 Å². The van der Waals surface area contributed by atoms with Crippen molar-refractivity contribution in [3.8, 4) is 61.3 Å². The van der Waals surface area contributed by atoms with Crippen molar-refractivity contribution in [3.05, 3.63) is 267 Å². The molecule has 12 rings (SSSR count). The van der Waals surface area contributed by atoms with E-state index in [1.807, 2.05) is 0 Å². The summed E-state index contributed by atoms with van der Waals surface area (Å²) in [5.41, 5.74) is 18.5. The molecule has 2 nitrogen and oxygen atoms in total. The Labute approximate surface area is 385 Å². The van der Waals surface area contributed by atoms with E-state index in [0.717, 1.165) is 39.4 Å². The zero-order valence-corrected chi connectivity index (χ0v) is 36.3. The monoisotopic (exact) mass is 840 g/mol. The van der Waals surface area contributed by atoms with Gasteiger partial charge in [-0.05, 0) is 110 Å². The molecule has 1 aromatic heterocycles. The van der Waals surface area contributed by atoms with Gasteiger partial charge in [0, 0.05) is 33.3 Å². The Hall–Kier alpha value is -8.72. The number of fused-ring (bicyclic) bond motifs is 4. The van der Waals surface area contributed by atoms with Crippen LogP contribution in [0.1, 0.15) is 0 Å². The molecule has 0 aliphatic rings. The molecule has 2 heteroatoms. The quantitative estimate of drug-likeness (QED) is 0.141. The van der Waals surface area contributed by atoms with Crippen molar-refractivity contribution in [2.45, 2.75) is 0 Å². The predicted molar refractivity (Wildman–Crippen MR) is 280 cm³/mol. The first-order valence-electron chi connectivity index (χ1n) is 22.7. The molecular formula is C64H44N2. The molecule has 12 aromatic rings. The van der Waals surface area contributed by atoms with E-state index in [9.17, 15) is 0 Å². The maximum Gasteiger partial charge on any atom is 0.0541 e. The number of hydrogen-bond acceptors (Lipinski definition) is 1. The van der Waals surface area contributed by atoms with Gasteiger partial charge in [-0.3, -0.25) is 0 Å². The topological polar surface area (TPSA) is 8.17 Å². The lowest BCUT2D eigenvalue weighted by Gasteiger charge is -2.29. The van der Waals surface area contributed by atoms with Crippen LogP contribution in [0.15, 0.2) is 267 Å². The fourth-order valence-electron chi connectivity index (χ4n) is 9.93. The Morgan fingerprint density at radius 3 is 1.44 bits per heavy atom. The maximum absolute atomic E-state index is 2.44. The van der Waals surface area contributed by atoms with Gasteiger partial charge in [0.25, 0.3) is 0 Å². The minimum Gasteiger partial charge on any atom is -0.310 e. The van der Waals surface area contributed by atoms with Gasteiger partial charge in [0.2, 0.25) is 0 Å². The Morgan fingerprint density at radius 2 is 0.742 bits per heavy atom. The minimum atomic E-state index is 1.07. The molecular weight excluding hydrogens is 797 g/mol. The Kier molecular flexibility index (Phi) is 9.89. The van der Waals surface area contributed by atoms with Gasteiger partial charge >= 0.3 is 0 Å². The van der Waals surface area contributed by atoms with E-state index in [1.165, 1.54) is 71.5 Å². The molecule has 0 amide bonds. The smallest absolute Gasteiger partial charge is 0.0541 e. The van der Waals surface area contributed by atoms with Crippen LogP contribution in [0.2, 0.25) is 0 Å². The fraction of sp³-hybridized carbons (Fsp3) is 0. The number of benzene rings is 11. The molecule has 66 heavy (non-hydrogen) atoms. The van der Waals surface area contributed by atoms with Crippen LogP contribution in [0.4, 0.5) is 17.1 Å². The third-order valence-corrected chi connectivity index (χ3v) is 13.0. The van der Waals surface area contributed by atoms with E-state index < -0.39 is 0 Å². The molecule has 0 N–H and O–H groups in total. The molecule has 1 heterocycles. The highest BCUT2D eigenvalue weighted by molar-refractivity contribution is 6.10. The summed E-state index contributed by atoms with van der Waals surface area (Å²) in [4.78, 5) is 2.43. The van der Waals surface area contributed by atoms with Gasteiger partial charge in [0.15, 0.2) is 0 Å². The van der Waals surface area contributed by atoms with Gasteiger partial charge in [-0.15, -0.1) is 0 Å². The summed E-state index contributed by atoms with van der Waals surface area (Å²) in [6, 6.07) is 97.0. The molecule has 0 aliphatic heterocycles. The first-order chi connectivity index (χ1) is 32.8. The number of hydrogen-bond donors (Lipinski definition) is 0. The normalized spacial score (nSPS) is 11.3. The van der Waals surface area contributed by atoms with Crippen LogP contribution in [-0.2, 0) is 0 Å². The number of para-hydroxylation sites is 4. The molecule has 0 aliphatic carbocycles. The lowest BCUT2D eigenvalue weighted by molar-refractivity contribution is 1.18. The zero-order valence-electron chi connectivity index (χ0n) is 36.3. The molecule has 0 unspecified atom stereocenters. The van der Waals surface area contributed by atoms with E-state index in [1.54, 1.807) is 0 Å². The Morgan fingerprint density at radius 1 is 0.258 bits per heavy atom. The van der Waals surface area contributed by atoms with Crippen LogP contribution < -0.4 is 4.90 Å². The average Bonchev–Trinajstić information content (AvgIpc) is 3.74. The minimum absolute atomic E-state index is 1.07. The fourth-order valence-corrected chi connectivity index (χ4v) is 9.93. The number of aromatic nitrogens is 1. The van der Waals surface area contributed by atoms with Gasteiger partial charge in [0.05, 0.1) is 22.4 Å². The third-order valence-electron chi connectivity index (χ3n) is 13.0. The molecule has 0 saturated carbocycles. The summed E-state index contributed by atoms with van der Waals surface area (Å²) in [6.45, 7) is 0. The second kappa shape index (κ2) is 16.8. The predicted octanol–water partition coefficient (Wildman–Crippen LogP) is 17.7. The van der Waals surface area contributed by atoms with Gasteiger partial charge in [-0.1, -0.05) is 212 Å². The number of rotatable bonds is 9. The third kappa shape index (κ3) is 6.93. The summed E-state index contributed by atoms with van der Waals surface area (Å²) < 4.78 is 2.44. The van der Waals surface area contributed by atoms with Crippen LogP contribution in [0.3, 0.4) is 0 Å². The van der Waals surface area contributed by atoms with Crippen molar-refractivity contribution in [2.24, 2.45) is 0 Å². The molecule has 0 atom stereocenters. The highest BCUT2D eigenvalue weighted by Gasteiger charge is 2.22. The molecule has 0 radical (unpaired) electrons. The van der Waals surface area contributed by atoms with E-state index in [-0.39, 0.29) is 0 Å². The maximum atomic E-state index is 2.44. The van der Waals surface area contributed by atoms with Crippen molar-refractivity contribution < 1.29 is 0 Å². The van der Waals surface area contributed by atoms with Gasteiger partial charge in [0.1, 0.15) is 0 Å². The molecule has 11 aromatic carbocycles. The first kappa shape index (κ1) is 38.9.